The van der Waals surface area contributed by atoms with Gasteiger partial charge in [0, 0.05) is 12.3 Å². The molecule has 17 heavy (non-hydrogen) atoms. The first-order valence-corrected chi connectivity index (χ1v) is 5.86. The van der Waals surface area contributed by atoms with Crippen molar-refractivity contribution < 1.29 is 14.4 Å². The first kappa shape index (κ1) is 18.4. The molecule has 0 aliphatic heterocycles. The van der Waals surface area contributed by atoms with Crippen LogP contribution in [-0.4, -0.2) is 25.1 Å². The molecule has 0 N–H and O–H groups in total. The largest absolute Gasteiger partial charge is 0.466 e. The van der Waals surface area contributed by atoms with Gasteiger partial charge in [0.2, 0.25) is 0 Å². The molecule has 4 nitrogen and oxygen atoms in total. The van der Waals surface area contributed by atoms with Gasteiger partial charge in [-0.25, -0.2) is 0 Å². The summed E-state index contributed by atoms with van der Waals surface area (Å²) in [6.45, 7) is 4.73. The quantitative estimate of drug-likeness (QED) is 0.278. The zero-order valence-electron chi connectivity index (χ0n) is 10.6. The van der Waals surface area contributed by atoms with Crippen LogP contribution in [0.3, 0.4) is 0 Å². The lowest BCUT2D eigenvalue weighted by molar-refractivity contribution is -0.143. The Bertz CT molecular complexity index is 238. The average Bonchev–Trinajstić information content (AvgIpc) is 2.27. The number of hydrogen-bond donors (Lipinski definition) is 0. The Kier molecular flexibility index (Phi) is 16.2. The van der Waals surface area contributed by atoms with E-state index < -0.39 is 0 Å². The number of hydrogen-bond acceptors (Lipinski definition) is 4. The molecule has 0 aromatic carbocycles. The number of allylic oxidation sites excluding steroid dienone is 1. The Morgan fingerprint density at radius 1 is 1.24 bits per heavy atom. The molecule has 0 unspecified atom stereocenters. The molecule has 100 valence electrons. The molecule has 0 saturated heterocycles. The Morgan fingerprint density at radius 2 is 2.00 bits per heavy atom. The van der Waals surface area contributed by atoms with Gasteiger partial charge in [-0.1, -0.05) is 6.42 Å². The lowest BCUT2D eigenvalue weighted by Gasteiger charge is -2.00. The topological polar surface area (TPSA) is 47.9 Å². The van der Waals surface area contributed by atoms with Gasteiger partial charge >= 0.3 is 5.97 Å². The number of ether oxygens (including phenoxy) is 1. The van der Waals surface area contributed by atoms with E-state index in [1.54, 1.807) is 0 Å². The number of nitrogens with zero attached hydrogens (tertiary/aromatic N) is 1. The van der Waals surface area contributed by atoms with Gasteiger partial charge in [-0.3, -0.25) is 4.79 Å². The summed E-state index contributed by atoms with van der Waals surface area (Å²) in [6.07, 6.45) is 6.22. The van der Waals surface area contributed by atoms with Gasteiger partial charge < -0.3 is 9.57 Å². The minimum atomic E-state index is -0.101. The summed E-state index contributed by atoms with van der Waals surface area (Å²) in [6, 6.07) is 0. The molecule has 0 amide bonds. The Morgan fingerprint density at radius 3 is 2.65 bits per heavy atom. The lowest BCUT2D eigenvalue weighted by Crippen LogP contribution is -2.02. The molecule has 5 heteroatoms. The molecule has 0 bridgehead atoms. The van der Waals surface area contributed by atoms with E-state index in [0.29, 0.717) is 19.6 Å². The van der Waals surface area contributed by atoms with Gasteiger partial charge in [-0.05, 0) is 44.3 Å². The molecule has 0 radical (unpaired) electrons. The molecule has 0 heterocycles. The van der Waals surface area contributed by atoms with E-state index in [-0.39, 0.29) is 18.4 Å². The summed E-state index contributed by atoms with van der Waals surface area (Å²) >= 11 is 0. The summed E-state index contributed by atoms with van der Waals surface area (Å²) in [4.78, 5) is 15.7. The molecule has 0 fully saturated rings. The van der Waals surface area contributed by atoms with Gasteiger partial charge in [-0.2, -0.15) is 0 Å². The number of carbonyl (C=O) groups excluding carboxylic acids is 1. The number of carbonyl (C=O) groups is 1. The second-order valence-electron chi connectivity index (χ2n) is 3.25. The van der Waals surface area contributed by atoms with Crippen LogP contribution in [0.15, 0.2) is 11.2 Å². The van der Waals surface area contributed by atoms with Crippen LogP contribution in [0, 0.1) is 0 Å². The minimum absolute atomic E-state index is 0. The summed E-state index contributed by atoms with van der Waals surface area (Å²) in [5.74, 6) is 2.59. The first-order valence-electron chi connectivity index (χ1n) is 5.86. The summed E-state index contributed by atoms with van der Waals surface area (Å²) in [7, 11) is 0. The maximum Gasteiger partial charge on any atom is 0.305 e. The summed E-state index contributed by atoms with van der Waals surface area (Å²) in [5.41, 5.74) is 0. The summed E-state index contributed by atoms with van der Waals surface area (Å²) in [5, 5.41) is 3.58. The van der Waals surface area contributed by atoms with Crippen LogP contribution < -0.4 is 0 Å². The van der Waals surface area contributed by atoms with Crippen LogP contribution in [0.5, 0.6) is 0 Å². The smallest absolute Gasteiger partial charge is 0.305 e. The van der Waals surface area contributed by atoms with E-state index in [9.17, 15) is 4.79 Å². The zero-order chi connectivity index (χ0) is 12.1. The third-order valence-corrected chi connectivity index (χ3v) is 1.87. The normalized spacial score (nSPS) is 8.59. The minimum Gasteiger partial charge on any atom is -0.466 e. The number of unbranched alkanes of at least 4 members (excludes halogenated alkanes) is 3. The van der Waals surface area contributed by atoms with Crippen LogP contribution in [0.25, 0.3) is 0 Å². The highest BCUT2D eigenvalue weighted by Gasteiger charge is 1.99. The molecule has 0 aromatic rings. The van der Waals surface area contributed by atoms with Gasteiger partial charge in [0.1, 0.15) is 6.61 Å². The van der Waals surface area contributed by atoms with Crippen molar-refractivity contribution in [2.45, 2.75) is 46.0 Å². The fraction of sp³-hybridized carbons (Fsp3) is 0.750. The summed E-state index contributed by atoms with van der Waals surface area (Å²) < 4.78 is 4.82. The van der Waals surface area contributed by atoms with Gasteiger partial charge in [0.05, 0.1) is 6.61 Å². The lowest BCUT2D eigenvalue weighted by atomic mass is 10.1. The predicted molar refractivity (Wildman–Crippen MR) is 70.6 cm³/mol. The van der Waals surface area contributed by atoms with E-state index in [0.717, 1.165) is 25.7 Å². The Labute approximate surface area is 109 Å². The van der Waals surface area contributed by atoms with Crippen LogP contribution in [-0.2, 0) is 14.4 Å². The molecular weight excluding hydrogens is 242 g/mol. The maximum atomic E-state index is 11.0. The predicted octanol–water partition coefficient (Wildman–Crippen LogP) is 3.10. The van der Waals surface area contributed by atoms with Crippen LogP contribution >= 0.6 is 12.4 Å². The van der Waals surface area contributed by atoms with Crippen molar-refractivity contribution in [2.75, 3.05) is 13.2 Å². The van der Waals surface area contributed by atoms with Gasteiger partial charge in [-0.15, -0.1) is 12.4 Å². The van der Waals surface area contributed by atoms with E-state index in [4.69, 9.17) is 9.57 Å². The van der Waals surface area contributed by atoms with Crippen LogP contribution in [0.2, 0.25) is 0 Å². The molecule has 0 aliphatic carbocycles. The fourth-order valence-corrected chi connectivity index (χ4v) is 1.13. The molecule has 0 spiro atoms. The van der Waals surface area contributed by atoms with E-state index in [1.165, 1.54) is 0 Å². The Balaban J connectivity index is 0. The van der Waals surface area contributed by atoms with Crippen molar-refractivity contribution in [1.29, 1.82) is 0 Å². The first-order chi connectivity index (χ1) is 7.81. The van der Waals surface area contributed by atoms with Crippen molar-refractivity contribution in [1.82, 2.24) is 0 Å². The number of rotatable bonds is 9. The van der Waals surface area contributed by atoms with E-state index >= 15 is 0 Å². The number of halogens is 1. The second kappa shape index (κ2) is 15.0. The van der Waals surface area contributed by atoms with Gasteiger partial charge in [0.15, 0.2) is 0 Å². The highest BCUT2D eigenvalue weighted by atomic mass is 35.5. The molecule has 0 rings (SSSR count). The standard InChI is InChI=1S/C12H21NO3.ClH/c1-3-15-12(14)10-8-6-5-7-9-11-13-16-4-2;/h9H,3-8,10H2,1-2H3;1H. The average molecular weight is 264 g/mol. The van der Waals surface area contributed by atoms with Gasteiger partial charge in [0.25, 0.3) is 0 Å². The Hall–Kier alpha value is -0.990. The van der Waals surface area contributed by atoms with Crippen molar-refractivity contribution in [3.8, 4) is 0 Å². The maximum absolute atomic E-state index is 11.0. The third-order valence-electron chi connectivity index (χ3n) is 1.87. The monoisotopic (exact) mass is 263 g/mol. The fourth-order valence-electron chi connectivity index (χ4n) is 1.13. The molecule has 0 aromatic heterocycles. The van der Waals surface area contributed by atoms with Crippen molar-refractivity contribution >= 4 is 24.2 Å². The zero-order valence-corrected chi connectivity index (χ0v) is 11.4. The van der Waals surface area contributed by atoms with Crippen LogP contribution in [0.4, 0.5) is 0 Å². The molecule has 0 saturated carbocycles. The molecule has 0 atom stereocenters. The molecule has 0 aliphatic rings. The molecular formula is C12H22ClNO3. The van der Waals surface area contributed by atoms with E-state index in [1.807, 2.05) is 19.9 Å². The highest BCUT2D eigenvalue weighted by molar-refractivity contribution is 5.85. The van der Waals surface area contributed by atoms with Crippen molar-refractivity contribution in [3.63, 3.8) is 0 Å². The number of esters is 1. The highest BCUT2D eigenvalue weighted by Crippen LogP contribution is 2.03. The van der Waals surface area contributed by atoms with Crippen molar-refractivity contribution in [3.05, 3.63) is 6.08 Å². The van der Waals surface area contributed by atoms with E-state index in [2.05, 4.69) is 11.0 Å². The third kappa shape index (κ3) is 15.0. The van der Waals surface area contributed by atoms with Crippen LogP contribution in [0.1, 0.15) is 46.0 Å². The van der Waals surface area contributed by atoms with Crippen molar-refractivity contribution in [2.24, 2.45) is 5.16 Å². The SMILES string of the molecule is CCON=C=CCCCCCC(=O)OCC.Cl. The second-order valence-corrected chi connectivity index (χ2v) is 3.25.